The minimum absolute atomic E-state index is 0.130. The molecule has 0 N–H and O–H groups in total. The van der Waals surface area contributed by atoms with Crippen LogP contribution in [0, 0.1) is 11.8 Å². The Hall–Kier alpha value is -2.85. The Balaban J connectivity index is 1.48. The highest BCUT2D eigenvalue weighted by molar-refractivity contribution is 6.29. The number of carbonyl (C=O) groups is 2. The highest BCUT2D eigenvalue weighted by Crippen LogP contribution is 2.25. The second-order valence-electron chi connectivity index (χ2n) is 7.75. The first-order valence-corrected chi connectivity index (χ1v) is 10.6. The fraction of sp³-hybridized carbons (Fsp3) is 0.455. The molecule has 0 atom stereocenters. The van der Waals surface area contributed by atoms with Crippen LogP contribution < -0.4 is 4.90 Å². The van der Waals surface area contributed by atoms with Gasteiger partial charge in [0.05, 0.1) is 29.1 Å². The van der Waals surface area contributed by atoms with Gasteiger partial charge in [-0.05, 0) is 12.8 Å². The normalized spacial score (nSPS) is 17.6. The monoisotopic (exact) mass is 425 g/mol. The predicted molar refractivity (Wildman–Crippen MR) is 114 cm³/mol. The minimum Gasteiger partial charge on any atom is -0.370 e. The zero-order valence-electron chi connectivity index (χ0n) is 17.0. The number of pyridine rings is 1. The number of aromatic nitrogens is 3. The predicted octanol–water partition coefficient (Wildman–Crippen LogP) is 2.68. The van der Waals surface area contributed by atoms with Crippen molar-refractivity contribution in [3.05, 3.63) is 40.9 Å². The van der Waals surface area contributed by atoms with Crippen molar-refractivity contribution in [2.45, 2.75) is 38.6 Å². The summed E-state index contributed by atoms with van der Waals surface area (Å²) >= 11 is 6.11. The first kappa shape index (κ1) is 20.4. The maximum atomic E-state index is 11.6. The first-order chi connectivity index (χ1) is 14.5. The van der Waals surface area contributed by atoms with Crippen molar-refractivity contribution in [3.63, 3.8) is 0 Å². The lowest BCUT2D eigenvalue weighted by molar-refractivity contribution is -0.130. The van der Waals surface area contributed by atoms with Gasteiger partial charge in [-0.15, -0.1) is 0 Å². The third kappa shape index (κ3) is 4.65. The lowest BCUT2D eigenvalue weighted by atomic mass is 10.1. The van der Waals surface area contributed by atoms with Gasteiger partial charge >= 0.3 is 0 Å². The number of likely N-dealkylation sites (tertiary alicyclic amines) is 1. The Morgan fingerprint density at radius 2 is 1.87 bits per heavy atom. The van der Waals surface area contributed by atoms with Crippen LogP contribution in [0.4, 0.5) is 5.69 Å². The largest absolute Gasteiger partial charge is 0.370 e. The molecule has 0 spiro atoms. The van der Waals surface area contributed by atoms with Crippen molar-refractivity contribution in [1.82, 2.24) is 19.7 Å². The number of nitrogens with zero attached hydrogens (tertiary/aromatic N) is 5. The molecule has 1 amide bonds. The standard InChI is InChI=1S/C22H24ClN5O2/c1-16(29)26-8-4-19(5-9-26)28-15-17(13-25-28)2-3-18-14-24-22(23)12-21(18)27-10-6-20(30)7-11-27/h12-15,19H,4-11H2,1H3. The summed E-state index contributed by atoms with van der Waals surface area (Å²) in [5.41, 5.74) is 2.54. The van der Waals surface area contributed by atoms with E-state index in [2.05, 4.69) is 26.8 Å². The fourth-order valence-electron chi connectivity index (χ4n) is 3.96. The maximum absolute atomic E-state index is 11.6. The van der Waals surface area contributed by atoms with Crippen molar-refractivity contribution in [2.75, 3.05) is 31.1 Å². The van der Waals surface area contributed by atoms with Crippen LogP contribution in [0.3, 0.4) is 0 Å². The zero-order chi connectivity index (χ0) is 21.1. The Bertz CT molecular complexity index is 1000. The third-order valence-corrected chi connectivity index (χ3v) is 5.94. The summed E-state index contributed by atoms with van der Waals surface area (Å²) in [5, 5.41) is 4.90. The van der Waals surface area contributed by atoms with E-state index in [-0.39, 0.29) is 11.9 Å². The van der Waals surface area contributed by atoms with Gasteiger partial charge in [-0.25, -0.2) is 4.98 Å². The molecule has 4 rings (SSSR count). The average Bonchev–Trinajstić information content (AvgIpc) is 3.22. The van der Waals surface area contributed by atoms with Gasteiger partial charge in [0.25, 0.3) is 0 Å². The molecule has 0 aromatic carbocycles. The average molecular weight is 426 g/mol. The summed E-state index contributed by atoms with van der Waals surface area (Å²) in [4.78, 5) is 31.3. The summed E-state index contributed by atoms with van der Waals surface area (Å²) in [6.45, 7) is 4.48. The number of Topliss-reactive ketones (excluding diaryl/α,β-unsaturated/α-hetero) is 1. The van der Waals surface area contributed by atoms with Gasteiger partial charge in [0.2, 0.25) is 5.91 Å². The summed E-state index contributed by atoms with van der Waals surface area (Å²) in [5.74, 6) is 6.80. The number of hydrogen-bond donors (Lipinski definition) is 0. The maximum Gasteiger partial charge on any atom is 0.219 e. The quantitative estimate of drug-likeness (QED) is 0.546. The molecule has 4 heterocycles. The van der Waals surface area contributed by atoms with E-state index in [1.807, 2.05) is 21.8 Å². The van der Waals surface area contributed by atoms with Crippen molar-refractivity contribution < 1.29 is 9.59 Å². The highest BCUT2D eigenvalue weighted by Gasteiger charge is 2.22. The molecule has 2 aromatic heterocycles. The molecule has 0 bridgehead atoms. The molecule has 2 fully saturated rings. The van der Waals surface area contributed by atoms with Crippen LogP contribution in [0.5, 0.6) is 0 Å². The van der Waals surface area contributed by atoms with E-state index < -0.39 is 0 Å². The molecule has 2 saturated heterocycles. The van der Waals surface area contributed by atoms with Gasteiger partial charge < -0.3 is 9.80 Å². The van der Waals surface area contributed by atoms with Crippen molar-refractivity contribution >= 4 is 29.0 Å². The topological polar surface area (TPSA) is 71.3 Å². The summed E-state index contributed by atoms with van der Waals surface area (Å²) < 4.78 is 1.96. The second-order valence-corrected chi connectivity index (χ2v) is 8.13. The molecule has 0 unspecified atom stereocenters. The van der Waals surface area contributed by atoms with Crippen LogP contribution in [0.25, 0.3) is 0 Å². The molecular formula is C22H24ClN5O2. The number of piperidine rings is 2. The Morgan fingerprint density at radius 1 is 1.13 bits per heavy atom. The minimum atomic E-state index is 0.130. The molecule has 156 valence electrons. The Kier molecular flexibility index (Phi) is 6.05. The van der Waals surface area contributed by atoms with Gasteiger partial charge in [0.15, 0.2) is 0 Å². The SMILES string of the molecule is CC(=O)N1CCC(n2cc(C#Cc3cnc(Cl)cc3N3CCC(=O)CC3)cn2)CC1. The van der Waals surface area contributed by atoms with E-state index in [0.29, 0.717) is 36.9 Å². The number of amides is 1. The van der Waals surface area contributed by atoms with Crippen LogP contribution >= 0.6 is 11.6 Å². The number of anilines is 1. The number of halogens is 1. The van der Waals surface area contributed by atoms with E-state index in [1.165, 1.54) is 0 Å². The van der Waals surface area contributed by atoms with E-state index in [9.17, 15) is 9.59 Å². The molecular weight excluding hydrogens is 402 g/mol. The van der Waals surface area contributed by atoms with Crippen LogP contribution in [0.1, 0.15) is 49.8 Å². The van der Waals surface area contributed by atoms with Gasteiger partial charge in [-0.2, -0.15) is 5.10 Å². The van der Waals surface area contributed by atoms with Crippen molar-refractivity contribution in [2.24, 2.45) is 0 Å². The van der Waals surface area contributed by atoms with Gasteiger partial charge in [0, 0.05) is 64.4 Å². The van der Waals surface area contributed by atoms with Gasteiger partial charge in [-0.1, -0.05) is 23.4 Å². The highest BCUT2D eigenvalue weighted by atomic mass is 35.5. The van der Waals surface area contributed by atoms with Crippen LogP contribution in [0.2, 0.25) is 5.15 Å². The van der Waals surface area contributed by atoms with E-state index in [1.54, 1.807) is 19.3 Å². The van der Waals surface area contributed by atoms with E-state index in [4.69, 9.17) is 11.6 Å². The molecule has 2 aliphatic heterocycles. The van der Waals surface area contributed by atoms with Crippen LogP contribution in [-0.2, 0) is 9.59 Å². The second kappa shape index (κ2) is 8.88. The molecule has 2 aliphatic rings. The lowest BCUT2D eigenvalue weighted by Gasteiger charge is -2.31. The summed E-state index contributed by atoms with van der Waals surface area (Å²) in [7, 11) is 0. The summed E-state index contributed by atoms with van der Waals surface area (Å²) in [6.07, 6.45) is 8.30. The molecule has 0 aliphatic carbocycles. The molecule has 0 saturated carbocycles. The smallest absolute Gasteiger partial charge is 0.219 e. The number of hydrogen-bond acceptors (Lipinski definition) is 5. The van der Waals surface area contributed by atoms with Gasteiger partial charge in [-0.3, -0.25) is 14.3 Å². The number of ketones is 1. The van der Waals surface area contributed by atoms with E-state index >= 15 is 0 Å². The van der Waals surface area contributed by atoms with Crippen LogP contribution in [-0.4, -0.2) is 57.5 Å². The molecule has 8 heteroatoms. The van der Waals surface area contributed by atoms with Crippen molar-refractivity contribution in [3.8, 4) is 11.8 Å². The molecule has 7 nitrogen and oxygen atoms in total. The first-order valence-electron chi connectivity index (χ1n) is 10.2. The Morgan fingerprint density at radius 3 is 2.57 bits per heavy atom. The lowest BCUT2D eigenvalue weighted by Crippen LogP contribution is -2.37. The number of rotatable bonds is 2. The zero-order valence-corrected chi connectivity index (χ0v) is 17.7. The summed E-state index contributed by atoms with van der Waals surface area (Å²) in [6, 6.07) is 2.10. The third-order valence-electron chi connectivity index (χ3n) is 5.74. The molecule has 30 heavy (non-hydrogen) atoms. The number of carbonyl (C=O) groups excluding carboxylic acids is 2. The van der Waals surface area contributed by atoms with Crippen molar-refractivity contribution in [1.29, 1.82) is 0 Å². The fourth-order valence-corrected chi connectivity index (χ4v) is 4.11. The van der Waals surface area contributed by atoms with Gasteiger partial charge in [0.1, 0.15) is 10.9 Å². The molecule has 0 radical (unpaired) electrons. The van der Waals surface area contributed by atoms with Crippen LogP contribution in [0.15, 0.2) is 24.7 Å². The Labute approximate surface area is 181 Å². The van der Waals surface area contributed by atoms with E-state index in [0.717, 1.165) is 42.7 Å². The molecule has 2 aromatic rings.